The number of hydrogen-bond donors (Lipinski definition) is 1. The van der Waals surface area contributed by atoms with Crippen molar-refractivity contribution in [2.75, 3.05) is 13.7 Å². The number of hydrogen-bond acceptors (Lipinski definition) is 4. The summed E-state index contributed by atoms with van der Waals surface area (Å²) >= 11 is 5.86. The van der Waals surface area contributed by atoms with Crippen molar-refractivity contribution in [3.05, 3.63) is 23.1 Å². The molecule has 0 radical (unpaired) electrons. The summed E-state index contributed by atoms with van der Waals surface area (Å²) in [5.41, 5.74) is 1.40. The fourth-order valence-electron chi connectivity index (χ4n) is 1.80. The number of pyridine rings is 1. The first-order chi connectivity index (χ1) is 8.26. The van der Waals surface area contributed by atoms with E-state index in [1.165, 1.54) is 0 Å². The number of aryl methyl sites for hydroxylation is 1. The van der Waals surface area contributed by atoms with E-state index in [1.807, 2.05) is 4.68 Å². The van der Waals surface area contributed by atoms with Crippen molar-refractivity contribution in [2.24, 2.45) is 0 Å². The smallest absolute Gasteiger partial charge is 0.130 e. The van der Waals surface area contributed by atoms with E-state index in [2.05, 4.69) is 10.1 Å². The van der Waals surface area contributed by atoms with Gasteiger partial charge in [-0.25, -0.2) is 4.98 Å². The minimum Gasteiger partial charge on any atom is -0.390 e. The van der Waals surface area contributed by atoms with Gasteiger partial charge in [0.05, 0.1) is 24.0 Å². The molecule has 0 amide bonds. The fraction of sp³-hybridized carbons (Fsp3) is 0.455. The first-order valence-corrected chi connectivity index (χ1v) is 5.74. The van der Waals surface area contributed by atoms with Crippen LogP contribution in [0.1, 0.15) is 12.1 Å². The molecule has 2 aromatic heterocycles. The minimum atomic E-state index is -0.146. The monoisotopic (exact) mass is 255 g/mol. The maximum absolute atomic E-state index is 9.29. The number of nitrogens with zero attached hydrogens (tertiary/aromatic N) is 3. The minimum absolute atomic E-state index is 0.146. The second-order valence-electron chi connectivity index (χ2n) is 3.70. The Morgan fingerprint density at radius 1 is 1.53 bits per heavy atom. The number of halogens is 1. The van der Waals surface area contributed by atoms with Gasteiger partial charge in [-0.2, -0.15) is 5.10 Å². The van der Waals surface area contributed by atoms with Gasteiger partial charge in [-0.15, -0.1) is 0 Å². The zero-order valence-corrected chi connectivity index (χ0v) is 10.3. The highest BCUT2D eigenvalue weighted by molar-refractivity contribution is 6.30. The molecule has 2 rings (SSSR count). The van der Waals surface area contributed by atoms with Gasteiger partial charge in [0.15, 0.2) is 0 Å². The van der Waals surface area contributed by atoms with Crippen molar-refractivity contribution in [3.8, 4) is 0 Å². The highest BCUT2D eigenvalue weighted by atomic mass is 35.5. The number of aliphatic hydroxyl groups excluding tert-OH is 1. The summed E-state index contributed by atoms with van der Waals surface area (Å²) < 4.78 is 6.82. The van der Waals surface area contributed by atoms with Crippen molar-refractivity contribution in [1.82, 2.24) is 14.8 Å². The van der Waals surface area contributed by atoms with Crippen LogP contribution in [0, 0.1) is 0 Å². The van der Waals surface area contributed by atoms with Gasteiger partial charge in [-0.1, -0.05) is 11.6 Å². The number of aromatic nitrogens is 3. The maximum atomic E-state index is 9.29. The molecule has 17 heavy (non-hydrogen) atoms. The first kappa shape index (κ1) is 12.3. The molecular weight excluding hydrogens is 242 g/mol. The Labute approximate surface area is 104 Å². The zero-order valence-electron chi connectivity index (χ0n) is 9.56. The van der Waals surface area contributed by atoms with E-state index in [-0.39, 0.29) is 6.61 Å². The molecule has 6 heteroatoms. The molecular formula is C11H14ClN3O2. The first-order valence-electron chi connectivity index (χ1n) is 5.37. The number of aliphatic hydroxyl groups is 1. The van der Waals surface area contributed by atoms with E-state index in [4.69, 9.17) is 16.3 Å². The zero-order chi connectivity index (χ0) is 12.3. The van der Waals surface area contributed by atoms with Crippen LogP contribution in [0.15, 0.2) is 12.3 Å². The van der Waals surface area contributed by atoms with Gasteiger partial charge in [-0.3, -0.25) is 4.68 Å². The summed E-state index contributed by atoms with van der Waals surface area (Å²) in [6, 6.07) is 1.75. The van der Waals surface area contributed by atoms with Crippen LogP contribution in [-0.2, 0) is 17.9 Å². The molecule has 0 aliphatic carbocycles. The van der Waals surface area contributed by atoms with Gasteiger partial charge in [0.25, 0.3) is 0 Å². The molecule has 0 fully saturated rings. The van der Waals surface area contributed by atoms with E-state index in [0.29, 0.717) is 17.5 Å². The summed E-state index contributed by atoms with van der Waals surface area (Å²) in [7, 11) is 1.67. The van der Waals surface area contributed by atoms with E-state index in [1.54, 1.807) is 19.4 Å². The van der Waals surface area contributed by atoms with E-state index < -0.39 is 0 Å². The van der Waals surface area contributed by atoms with E-state index in [9.17, 15) is 5.11 Å². The Morgan fingerprint density at radius 2 is 2.35 bits per heavy atom. The molecule has 5 nitrogen and oxygen atoms in total. The van der Waals surface area contributed by atoms with Gasteiger partial charge in [0, 0.05) is 25.6 Å². The summed E-state index contributed by atoms with van der Waals surface area (Å²) in [4.78, 5) is 4.10. The lowest BCUT2D eigenvalue weighted by Crippen LogP contribution is -2.05. The van der Waals surface area contributed by atoms with E-state index >= 15 is 0 Å². The van der Waals surface area contributed by atoms with Gasteiger partial charge in [0.1, 0.15) is 5.15 Å². The lowest BCUT2D eigenvalue weighted by atomic mass is 10.2. The SMILES string of the molecule is COCCCn1ncc2cc(Cl)nc(CO)c21. The van der Waals surface area contributed by atoms with Crippen molar-refractivity contribution >= 4 is 22.5 Å². The Kier molecular flexibility index (Phi) is 3.93. The molecule has 0 saturated heterocycles. The number of methoxy groups -OCH3 is 1. The van der Waals surface area contributed by atoms with Crippen LogP contribution < -0.4 is 0 Å². The third-order valence-corrected chi connectivity index (χ3v) is 2.72. The van der Waals surface area contributed by atoms with Crippen molar-refractivity contribution < 1.29 is 9.84 Å². The molecule has 0 bridgehead atoms. The van der Waals surface area contributed by atoms with Crippen molar-refractivity contribution in [3.63, 3.8) is 0 Å². The summed E-state index contributed by atoms with van der Waals surface area (Å²) in [6.45, 7) is 1.26. The molecule has 0 unspecified atom stereocenters. The van der Waals surface area contributed by atoms with Crippen LogP contribution in [0.2, 0.25) is 5.15 Å². The lowest BCUT2D eigenvalue weighted by Gasteiger charge is -2.06. The second-order valence-corrected chi connectivity index (χ2v) is 4.09. The van der Waals surface area contributed by atoms with Crippen LogP contribution in [0.3, 0.4) is 0 Å². The standard InChI is InChI=1S/C11H14ClN3O2/c1-17-4-2-3-15-11-8(6-13-15)5-10(12)14-9(11)7-16/h5-6,16H,2-4,7H2,1H3. The van der Waals surface area contributed by atoms with Crippen LogP contribution >= 0.6 is 11.6 Å². The van der Waals surface area contributed by atoms with Gasteiger partial charge < -0.3 is 9.84 Å². The highest BCUT2D eigenvalue weighted by Gasteiger charge is 2.10. The highest BCUT2D eigenvalue weighted by Crippen LogP contribution is 2.21. The molecule has 2 heterocycles. The van der Waals surface area contributed by atoms with Crippen LogP contribution in [0.4, 0.5) is 0 Å². The predicted octanol–water partition coefficient (Wildman–Crippen LogP) is 1.61. The van der Waals surface area contributed by atoms with Crippen LogP contribution in [-0.4, -0.2) is 33.6 Å². The fourth-order valence-corrected chi connectivity index (χ4v) is 2.02. The topological polar surface area (TPSA) is 60.2 Å². The Balaban J connectivity index is 2.37. The Morgan fingerprint density at radius 3 is 3.06 bits per heavy atom. The molecule has 0 aromatic carbocycles. The van der Waals surface area contributed by atoms with Crippen LogP contribution in [0.5, 0.6) is 0 Å². The molecule has 1 N–H and O–H groups in total. The number of fused-ring (bicyclic) bond motifs is 1. The summed E-state index contributed by atoms with van der Waals surface area (Å²) in [5, 5.41) is 14.8. The van der Waals surface area contributed by atoms with Gasteiger partial charge >= 0.3 is 0 Å². The molecule has 0 aliphatic heterocycles. The largest absolute Gasteiger partial charge is 0.390 e. The maximum Gasteiger partial charge on any atom is 0.130 e. The Hall–Kier alpha value is -1.17. The number of ether oxygens (including phenoxy) is 1. The molecule has 92 valence electrons. The molecule has 0 saturated carbocycles. The quantitative estimate of drug-likeness (QED) is 0.651. The van der Waals surface area contributed by atoms with Crippen LogP contribution in [0.25, 0.3) is 10.9 Å². The molecule has 0 spiro atoms. The normalized spacial score (nSPS) is 11.2. The number of rotatable bonds is 5. The average molecular weight is 256 g/mol. The van der Waals surface area contributed by atoms with Crippen molar-refractivity contribution in [1.29, 1.82) is 0 Å². The second kappa shape index (κ2) is 5.44. The molecule has 0 aliphatic rings. The van der Waals surface area contributed by atoms with E-state index in [0.717, 1.165) is 23.9 Å². The predicted molar refractivity (Wildman–Crippen MR) is 65.0 cm³/mol. The third-order valence-electron chi connectivity index (χ3n) is 2.53. The Bertz CT molecular complexity index is 513. The molecule has 0 atom stereocenters. The summed E-state index contributed by atoms with van der Waals surface area (Å²) in [5.74, 6) is 0. The molecule has 2 aromatic rings. The summed E-state index contributed by atoms with van der Waals surface area (Å²) in [6.07, 6.45) is 2.59. The lowest BCUT2D eigenvalue weighted by molar-refractivity contribution is 0.189. The van der Waals surface area contributed by atoms with Gasteiger partial charge in [-0.05, 0) is 12.5 Å². The van der Waals surface area contributed by atoms with Crippen molar-refractivity contribution in [2.45, 2.75) is 19.6 Å². The van der Waals surface area contributed by atoms with Gasteiger partial charge in [0.2, 0.25) is 0 Å². The third kappa shape index (κ3) is 2.57. The average Bonchev–Trinajstić information content (AvgIpc) is 2.71.